The number of hydrogen-bond acceptors (Lipinski definition) is 2. The minimum atomic E-state index is -0.540. The molecule has 328 valence electrons. The van der Waals surface area contributed by atoms with Crippen LogP contribution in [-0.4, -0.2) is 4.57 Å². The highest BCUT2D eigenvalue weighted by Gasteiger charge is 2.47. The average molecular weight is 893 g/mol. The Kier molecular flexibility index (Phi) is 9.11. The fourth-order valence-corrected chi connectivity index (χ4v) is 11.7. The minimum absolute atomic E-state index is 0.540. The SMILES string of the molecule is c1ccc(-c2cccc3c2oc2ccc(-c4ccc(N(c5ccc6c7ccccc7n(-c7ccccc7)c6c5)c5cccc6c5-c5ccccc5C6(c5ccccc5)c5ccccc5)cc4)cc23)cc1. The van der Waals surface area contributed by atoms with Crippen molar-refractivity contribution in [3.05, 3.63) is 289 Å². The molecule has 0 saturated carbocycles. The van der Waals surface area contributed by atoms with Crippen molar-refractivity contribution in [3.8, 4) is 39.1 Å². The van der Waals surface area contributed by atoms with Crippen LogP contribution in [0.25, 0.3) is 82.8 Å². The number of para-hydroxylation sites is 3. The lowest BCUT2D eigenvalue weighted by atomic mass is 9.68. The van der Waals surface area contributed by atoms with Gasteiger partial charge in [0.25, 0.3) is 0 Å². The molecule has 0 N–H and O–H groups in total. The normalized spacial score (nSPS) is 12.7. The zero-order chi connectivity index (χ0) is 46.2. The lowest BCUT2D eigenvalue weighted by molar-refractivity contribution is 0.670. The number of fused-ring (bicyclic) bond motifs is 9. The van der Waals surface area contributed by atoms with Crippen LogP contribution >= 0.6 is 0 Å². The zero-order valence-electron chi connectivity index (χ0n) is 38.2. The minimum Gasteiger partial charge on any atom is -0.455 e. The van der Waals surface area contributed by atoms with Crippen molar-refractivity contribution in [1.82, 2.24) is 4.57 Å². The summed E-state index contributed by atoms with van der Waals surface area (Å²) in [4.78, 5) is 2.48. The Labute approximate surface area is 406 Å². The molecule has 0 bridgehead atoms. The molecule has 3 nitrogen and oxygen atoms in total. The first-order chi connectivity index (χ1) is 34.7. The summed E-state index contributed by atoms with van der Waals surface area (Å²) in [6.07, 6.45) is 0. The monoisotopic (exact) mass is 892 g/mol. The standard InChI is InChI=1S/C67H44N2O/c1-5-19-46(20-6-1)53-29-17-30-56-58-43-47(37-42-64(58)70-66(53)56)45-35-38-51(39-36-45)68(52-40-41-55-54-27-14-16-33-61(54)69(63(55)44-52)50-25-11-4-12-26-50)62-34-18-32-60-65(62)57-28-13-15-31-59(57)67(60,48-21-7-2-8-22-48)49-23-9-3-10-24-49/h1-44H. The van der Waals surface area contributed by atoms with Crippen molar-refractivity contribution >= 4 is 60.8 Å². The smallest absolute Gasteiger partial charge is 0.143 e. The van der Waals surface area contributed by atoms with Crippen molar-refractivity contribution < 1.29 is 4.42 Å². The second-order valence-corrected chi connectivity index (χ2v) is 18.4. The van der Waals surface area contributed by atoms with E-state index in [4.69, 9.17) is 4.42 Å². The van der Waals surface area contributed by atoms with E-state index in [0.717, 1.165) is 72.5 Å². The highest BCUT2D eigenvalue weighted by molar-refractivity contribution is 6.12. The molecule has 1 aliphatic rings. The highest BCUT2D eigenvalue weighted by atomic mass is 16.3. The quantitative estimate of drug-likeness (QED) is 0.152. The van der Waals surface area contributed by atoms with Crippen LogP contribution in [-0.2, 0) is 5.41 Å². The van der Waals surface area contributed by atoms with E-state index in [0.29, 0.717) is 0 Å². The van der Waals surface area contributed by atoms with Crippen molar-refractivity contribution in [1.29, 1.82) is 0 Å². The van der Waals surface area contributed by atoms with Crippen LogP contribution in [0.1, 0.15) is 22.3 Å². The van der Waals surface area contributed by atoms with Crippen LogP contribution in [0, 0.1) is 0 Å². The third-order valence-corrected chi connectivity index (χ3v) is 14.7. The average Bonchev–Trinajstić information content (AvgIpc) is 4.09. The zero-order valence-corrected chi connectivity index (χ0v) is 38.2. The molecule has 2 aromatic heterocycles. The van der Waals surface area contributed by atoms with Gasteiger partial charge in [-0.3, -0.25) is 0 Å². The van der Waals surface area contributed by atoms with Crippen LogP contribution in [0.3, 0.4) is 0 Å². The second kappa shape index (κ2) is 16.0. The van der Waals surface area contributed by atoms with Gasteiger partial charge in [0.05, 0.1) is 22.1 Å². The lowest BCUT2D eigenvalue weighted by Gasteiger charge is -2.34. The number of aromatic nitrogens is 1. The van der Waals surface area contributed by atoms with Gasteiger partial charge in [0, 0.05) is 49.7 Å². The fourth-order valence-electron chi connectivity index (χ4n) is 11.7. The first kappa shape index (κ1) is 39.9. The lowest BCUT2D eigenvalue weighted by Crippen LogP contribution is -2.28. The first-order valence-corrected chi connectivity index (χ1v) is 24.1. The molecular weight excluding hydrogens is 849 g/mol. The Morgan fingerprint density at radius 1 is 0.357 bits per heavy atom. The Hall–Kier alpha value is -9.18. The van der Waals surface area contributed by atoms with E-state index in [2.05, 4.69) is 276 Å². The molecule has 1 aliphatic carbocycles. The van der Waals surface area contributed by atoms with Gasteiger partial charge in [-0.15, -0.1) is 0 Å². The Morgan fingerprint density at radius 2 is 0.943 bits per heavy atom. The summed E-state index contributed by atoms with van der Waals surface area (Å²) in [5, 5.41) is 4.67. The Bertz CT molecular complexity index is 4060. The molecule has 0 aliphatic heterocycles. The van der Waals surface area contributed by atoms with Crippen LogP contribution < -0.4 is 4.90 Å². The summed E-state index contributed by atoms with van der Waals surface area (Å²) in [5.74, 6) is 0. The molecule has 2 heterocycles. The van der Waals surface area contributed by atoms with Gasteiger partial charge in [0.1, 0.15) is 11.2 Å². The summed E-state index contributed by atoms with van der Waals surface area (Å²) >= 11 is 0. The van der Waals surface area contributed by atoms with E-state index in [1.165, 1.54) is 49.7 Å². The molecule has 0 unspecified atom stereocenters. The van der Waals surface area contributed by atoms with E-state index in [1.54, 1.807) is 0 Å². The Morgan fingerprint density at radius 3 is 1.71 bits per heavy atom. The molecule has 70 heavy (non-hydrogen) atoms. The predicted octanol–water partition coefficient (Wildman–Crippen LogP) is 17.8. The molecule has 14 rings (SSSR count). The maximum atomic E-state index is 6.59. The van der Waals surface area contributed by atoms with Gasteiger partial charge < -0.3 is 13.9 Å². The van der Waals surface area contributed by atoms with Gasteiger partial charge >= 0.3 is 0 Å². The van der Waals surface area contributed by atoms with Gasteiger partial charge in [0.15, 0.2) is 0 Å². The maximum absolute atomic E-state index is 6.59. The molecule has 0 saturated heterocycles. The largest absolute Gasteiger partial charge is 0.455 e. The molecule has 0 spiro atoms. The number of anilines is 3. The van der Waals surface area contributed by atoms with E-state index in [1.807, 2.05) is 0 Å². The number of nitrogens with zero attached hydrogens (tertiary/aromatic N) is 2. The molecule has 0 radical (unpaired) electrons. The van der Waals surface area contributed by atoms with Crippen molar-refractivity contribution in [2.75, 3.05) is 4.90 Å². The van der Waals surface area contributed by atoms with Gasteiger partial charge in [-0.05, 0) is 105 Å². The van der Waals surface area contributed by atoms with Gasteiger partial charge in [-0.2, -0.15) is 0 Å². The molecule has 0 amide bonds. The van der Waals surface area contributed by atoms with Crippen molar-refractivity contribution in [2.45, 2.75) is 5.41 Å². The van der Waals surface area contributed by atoms with Crippen LogP contribution in [0.4, 0.5) is 17.1 Å². The summed E-state index contributed by atoms with van der Waals surface area (Å²) in [7, 11) is 0. The van der Waals surface area contributed by atoms with E-state index >= 15 is 0 Å². The molecule has 3 heteroatoms. The van der Waals surface area contributed by atoms with Crippen molar-refractivity contribution in [3.63, 3.8) is 0 Å². The molecule has 13 aromatic rings. The van der Waals surface area contributed by atoms with Gasteiger partial charge in [-0.25, -0.2) is 0 Å². The third kappa shape index (κ3) is 6.01. The predicted molar refractivity (Wildman–Crippen MR) is 291 cm³/mol. The summed E-state index contributed by atoms with van der Waals surface area (Å²) < 4.78 is 9.00. The summed E-state index contributed by atoms with van der Waals surface area (Å²) in [5.41, 5.74) is 20.0. The molecular formula is C67H44N2O. The highest BCUT2D eigenvalue weighted by Crippen LogP contribution is 2.59. The third-order valence-electron chi connectivity index (χ3n) is 14.7. The number of rotatable bonds is 8. The summed E-state index contributed by atoms with van der Waals surface area (Å²) in [6.45, 7) is 0. The Balaban J connectivity index is 0.986. The maximum Gasteiger partial charge on any atom is 0.143 e. The van der Waals surface area contributed by atoms with E-state index < -0.39 is 5.41 Å². The van der Waals surface area contributed by atoms with Crippen LogP contribution in [0.5, 0.6) is 0 Å². The number of benzene rings is 11. The fraction of sp³-hybridized carbons (Fsp3) is 0.0149. The van der Waals surface area contributed by atoms with Gasteiger partial charge in [-0.1, -0.05) is 206 Å². The van der Waals surface area contributed by atoms with E-state index in [9.17, 15) is 0 Å². The van der Waals surface area contributed by atoms with Crippen LogP contribution in [0.15, 0.2) is 271 Å². The second-order valence-electron chi connectivity index (χ2n) is 18.4. The van der Waals surface area contributed by atoms with Gasteiger partial charge in [0.2, 0.25) is 0 Å². The van der Waals surface area contributed by atoms with Crippen molar-refractivity contribution in [2.24, 2.45) is 0 Å². The molecule has 11 aromatic carbocycles. The number of furan rings is 1. The molecule has 0 atom stereocenters. The molecule has 0 fully saturated rings. The first-order valence-electron chi connectivity index (χ1n) is 24.1. The van der Waals surface area contributed by atoms with Crippen LogP contribution in [0.2, 0.25) is 0 Å². The van der Waals surface area contributed by atoms with E-state index in [-0.39, 0.29) is 0 Å². The summed E-state index contributed by atoms with van der Waals surface area (Å²) in [6, 6.07) is 97.3. The number of hydrogen-bond donors (Lipinski definition) is 0. The topological polar surface area (TPSA) is 21.3 Å².